The second-order valence-corrected chi connectivity index (χ2v) is 5.02. The van der Waals surface area contributed by atoms with Gasteiger partial charge in [-0.05, 0) is 32.0 Å². The molecule has 0 saturated carbocycles. The quantitative estimate of drug-likeness (QED) is 0.707. The van der Waals surface area contributed by atoms with Gasteiger partial charge in [-0.25, -0.2) is 4.39 Å². The molecule has 0 aromatic heterocycles. The third-order valence-corrected chi connectivity index (χ3v) is 2.40. The van der Waals surface area contributed by atoms with Gasteiger partial charge >= 0.3 is 0 Å². The lowest BCUT2D eigenvalue weighted by Crippen LogP contribution is -2.28. The Balaban J connectivity index is 2.63. The van der Waals surface area contributed by atoms with Crippen LogP contribution in [0, 0.1) is 5.82 Å². The summed E-state index contributed by atoms with van der Waals surface area (Å²) in [4.78, 5) is 0. The van der Waals surface area contributed by atoms with Gasteiger partial charge < -0.3 is 19.9 Å². The molecular formula is C14H22FNO3. The van der Waals surface area contributed by atoms with E-state index in [1.54, 1.807) is 27.0 Å². The summed E-state index contributed by atoms with van der Waals surface area (Å²) >= 11 is 0. The summed E-state index contributed by atoms with van der Waals surface area (Å²) < 4.78 is 23.7. The Morgan fingerprint density at radius 3 is 2.74 bits per heavy atom. The van der Waals surface area contributed by atoms with Crippen molar-refractivity contribution in [2.45, 2.75) is 26.0 Å². The summed E-state index contributed by atoms with van der Waals surface area (Å²) in [5.41, 5.74) is -0.199. The Bertz CT molecular complexity index is 391. The maximum absolute atomic E-state index is 13.2. The van der Waals surface area contributed by atoms with Crippen LogP contribution in [-0.2, 0) is 11.3 Å². The van der Waals surface area contributed by atoms with Crippen LogP contribution < -0.4 is 10.1 Å². The molecule has 0 aliphatic carbocycles. The minimum atomic E-state index is -0.921. The van der Waals surface area contributed by atoms with Gasteiger partial charge in [0, 0.05) is 25.8 Å². The van der Waals surface area contributed by atoms with E-state index < -0.39 is 5.60 Å². The molecule has 2 N–H and O–H groups in total. The van der Waals surface area contributed by atoms with Crippen LogP contribution >= 0.6 is 0 Å². The Morgan fingerprint density at radius 2 is 2.11 bits per heavy atom. The highest BCUT2D eigenvalue weighted by molar-refractivity contribution is 5.34. The standard InChI is InChI=1S/C14H22FNO3/c1-14(2,17)10-19-13-5-4-12(15)8-11(13)9-16-6-7-18-3/h4-5,8,16-17H,6-7,9-10H2,1-3H3. The largest absolute Gasteiger partial charge is 0.490 e. The fourth-order valence-corrected chi connectivity index (χ4v) is 1.48. The second-order valence-electron chi connectivity index (χ2n) is 5.02. The van der Waals surface area contributed by atoms with E-state index >= 15 is 0 Å². The molecule has 0 bridgehead atoms. The minimum absolute atomic E-state index is 0.156. The maximum atomic E-state index is 13.2. The van der Waals surface area contributed by atoms with Gasteiger partial charge in [-0.15, -0.1) is 0 Å². The molecule has 0 fully saturated rings. The Labute approximate surface area is 113 Å². The first-order chi connectivity index (χ1) is 8.92. The van der Waals surface area contributed by atoms with Gasteiger partial charge in [0.05, 0.1) is 12.2 Å². The van der Waals surface area contributed by atoms with Crippen molar-refractivity contribution < 1.29 is 19.0 Å². The Kier molecular flexibility index (Phi) is 6.21. The van der Waals surface area contributed by atoms with E-state index in [-0.39, 0.29) is 12.4 Å². The van der Waals surface area contributed by atoms with Crippen molar-refractivity contribution in [3.63, 3.8) is 0 Å². The average molecular weight is 271 g/mol. The highest BCUT2D eigenvalue weighted by atomic mass is 19.1. The summed E-state index contributed by atoms with van der Waals surface area (Å²) in [6, 6.07) is 4.35. The second kappa shape index (κ2) is 7.43. The number of rotatable bonds is 8. The SMILES string of the molecule is COCCNCc1cc(F)ccc1OCC(C)(C)O. The van der Waals surface area contributed by atoms with Gasteiger partial charge in [0.1, 0.15) is 18.2 Å². The molecule has 0 spiro atoms. The zero-order valence-electron chi connectivity index (χ0n) is 11.7. The molecule has 0 atom stereocenters. The fourth-order valence-electron chi connectivity index (χ4n) is 1.48. The summed E-state index contributed by atoms with van der Waals surface area (Å²) in [7, 11) is 1.63. The van der Waals surface area contributed by atoms with Crippen molar-refractivity contribution in [3.8, 4) is 5.75 Å². The lowest BCUT2D eigenvalue weighted by molar-refractivity contribution is 0.0281. The monoisotopic (exact) mass is 271 g/mol. The molecular weight excluding hydrogens is 249 g/mol. The number of hydrogen-bond acceptors (Lipinski definition) is 4. The predicted molar refractivity (Wildman–Crippen MR) is 71.8 cm³/mol. The minimum Gasteiger partial charge on any atom is -0.490 e. The normalized spacial score (nSPS) is 11.6. The van der Waals surface area contributed by atoms with Gasteiger partial charge in [-0.2, -0.15) is 0 Å². The van der Waals surface area contributed by atoms with Gasteiger partial charge in [0.25, 0.3) is 0 Å². The molecule has 1 aromatic carbocycles. The van der Waals surface area contributed by atoms with Crippen LogP contribution in [0.5, 0.6) is 5.75 Å². The van der Waals surface area contributed by atoms with E-state index in [0.717, 1.165) is 5.56 Å². The molecule has 0 unspecified atom stereocenters. The summed E-state index contributed by atoms with van der Waals surface area (Å²) in [6.07, 6.45) is 0. The van der Waals surface area contributed by atoms with E-state index in [2.05, 4.69) is 5.32 Å². The van der Waals surface area contributed by atoms with Crippen LogP contribution in [0.4, 0.5) is 4.39 Å². The predicted octanol–water partition coefficient (Wildman–Crippen LogP) is 1.71. The van der Waals surface area contributed by atoms with Crippen LogP contribution in [0.3, 0.4) is 0 Å². The first kappa shape index (κ1) is 15.9. The van der Waals surface area contributed by atoms with Crippen LogP contribution in [0.25, 0.3) is 0 Å². The van der Waals surface area contributed by atoms with Crippen molar-refractivity contribution in [2.24, 2.45) is 0 Å². The lowest BCUT2D eigenvalue weighted by Gasteiger charge is -2.19. The zero-order valence-corrected chi connectivity index (χ0v) is 11.7. The summed E-state index contributed by atoms with van der Waals surface area (Å²) in [5, 5.41) is 12.8. The Hall–Kier alpha value is -1.17. The molecule has 1 rings (SSSR count). The van der Waals surface area contributed by atoms with E-state index in [0.29, 0.717) is 25.4 Å². The number of halogens is 1. The third kappa shape index (κ3) is 6.52. The topological polar surface area (TPSA) is 50.7 Å². The number of nitrogens with one attached hydrogen (secondary N) is 1. The van der Waals surface area contributed by atoms with Crippen molar-refractivity contribution >= 4 is 0 Å². The molecule has 0 aliphatic heterocycles. The molecule has 108 valence electrons. The molecule has 1 aromatic rings. The summed E-state index contributed by atoms with van der Waals surface area (Å²) in [5.74, 6) is 0.271. The number of methoxy groups -OCH3 is 1. The van der Waals surface area contributed by atoms with Gasteiger partial charge in [0.2, 0.25) is 0 Å². The lowest BCUT2D eigenvalue weighted by atomic mass is 10.1. The van der Waals surface area contributed by atoms with Crippen LogP contribution in [0.2, 0.25) is 0 Å². The van der Waals surface area contributed by atoms with Gasteiger partial charge in [-0.1, -0.05) is 0 Å². The molecule has 19 heavy (non-hydrogen) atoms. The molecule has 0 aliphatic rings. The fraction of sp³-hybridized carbons (Fsp3) is 0.571. The third-order valence-electron chi connectivity index (χ3n) is 2.40. The maximum Gasteiger partial charge on any atom is 0.124 e. The number of aliphatic hydroxyl groups is 1. The number of benzene rings is 1. The van der Waals surface area contributed by atoms with E-state index in [4.69, 9.17) is 9.47 Å². The smallest absolute Gasteiger partial charge is 0.124 e. The average Bonchev–Trinajstić information content (AvgIpc) is 2.32. The van der Waals surface area contributed by atoms with Crippen LogP contribution in [0.15, 0.2) is 18.2 Å². The Morgan fingerprint density at radius 1 is 1.37 bits per heavy atom. The van der Waals surface area contributed by atoms with Crippen LogP contribution in [-0.4, -0.2) is 37.6 Å². The number of ether oxygens (including phenoxy) is 2. The van der Waals surface area contributed by atoms with E-state index in [1.165, 1.54) is 12.1 Å². The zero-order chi connectivity index (χ0) is 14.3. The first-order valence-electron chi connectivity index (χ1n) is 6.25. The molecule has 0 amide bonds. The highest BCUT2D eigenvalue weighted by Crippen LogP contribution is 2.20. The number of hydrogen-bond donors (Lipinski definition) is 2. The van der Waals surface area contributed by atoms with Gasteiger partial charge in [-0.3, -0.25) is 0 Å². The molecule has 0 saturated heterocycles. The summed E-state index contributed by atoms with van der Waals surface area (Å²) in [6.45, 7) is 5.24. The van der Waals surface area contributed by atoms with Crippen molar-refractivity contribution in [1.82, 2.24) is 5.32 Å². The molecule has 4 nitrogen and oxygen atoms in total. The molecule has 5 heteroatoms. The highest BCUT2D eigenvalue weighted by Gasteiger charge is 2.15. The van der Waals surface area contributed by atoms with E-state index in [1.807, 2.05) is 0 Å². The first-order valence-corrected chi connectivity index (χ1v) is 6.25. The van der Waals surface area contributed by atoms with Crippen molar-refractivity contribution in [1.29, 1.82) is 0 Å². The van der Waals surface area contributed by atoms with Crippen molar-refractivity contribution in [2.75, 3.05) is 26.9 Å². The van der Waals surface area contributed by atoms with Crippen LogP contribution in [0.1, 0.15) is 19.4 Å². The van der Waals surface area contributed by atoms with Gasteiger partial charge in [0.15, 0.2) is 0 Å². The molecule has 0 radical (unpaired) electrons. The van der Waals surface area contributed by atoms with Crippen molar-refractivity contribution in [3.05, 3.63) is 29.6 Å². The van der Waals surface area contributed by atoms with E-state index in [9.17, 15) is 9.50 Å². The molecule has 0 heterocycles.